The van der Waals surface area contributed by atoms with Gasteiger partial charge in [0.15, 0.2) is 0 Å². The monoisotopic (exact) mass is 294 g/mol. The normalized spacial score (nSPS) is 11.1. The van der Waals surface area contributed by atoms with Crippen LogP contribution in [0.25, 0.3) is 0 Å². The Morgan fingerprint density at radius 1 is 0.895 bits per heavy atom. The Hall–Kier alpha value is -0.870. The van der Waals surface area contributed by atoms with Crippen molar-refractivity contribution in [2.24, 2.45) is 0 Å². The quantitative estimate of drug-likeness (QED) is 0.491. The van der Waals surface area contributed by atoms with Gasteiger partial charge in [-0.25, -0.2) is 4.57 Å². The Kier molecular flexibility index (Phi) is 9.53. The first-order valence-electron chi connectivity index (χ1n) is 6.69. The van der Waals surface area contributed by atoms with Crippen LogP contribution in [0.5, 0.6) is 0 Å². The van der Waals surface area contributed by atoms with E-state index in [-0.39, 0.29) is 12.8 Å². The first-order valence-corrected chi connectivity index (χ1v) is 8.18. The highest BCUT2D eigenvalue weighted by molar-refractivity contribution is 7.48. The van der Waals surface area contributed by atoms with Crippen LogP contribution in [-0.4, -0.2) is 16.8 Å². The van der Waals surface area contributed by atoms with E-state index in [9.17, 15) is 19.0 Å². The van der Waals surface area contributed by atoms with Crippen molar-refractivity contribution in [1.82, 2.24) is 0 Å². The summed E-state index contributed by atoms with van der Waals surface area (Å²) in [7, 11) is -4.60. The third kappa shape index (κ3) is 10.7. The van der Waals surface area contributed by atoms with Crippen molar-refractivity contribution < 1.29 is 28.1 Å². The Balaban J connectivity index is 3.99. The molecule has 0 saturated carbocycles. The molecule has 0 amide bonds. The van der Waals surface area contributed by atoms with Gasteiger partial charge < -0.3 is 9.05 Å². The van der Waals surface area contributed by atoms with E-state index in [1.54, 1.807) is 0 Å². The Bertz CT molecular complexity index is 300. The van der Waals surface area contributed by atoms with Crippen LogP contribution in [0, 0.1) is 0 Å². The highest BCUT2D eigenvalue weighted by atomic mass is 31.2. The van der Waals surface area contributed by atoms with Gasteiger partial charge >= 0.3 is 19.8 Å². The maximum absolute atomic E-state index is 11.4. The molecule has 0 rings (SSSR count). The van der Waals surface area contributed by atoms with Crippen LogP contribution < -0.4 is 0 Å². The van der Waals surface area contributed by atoms with E-state index in [2.05, 4.69) is 9.05 Å². The second-order valence-electron chi connectivity index (χ2n) is 4.31. The van der Waals surface area contributed by atoms with Gasteiger partial charge in [0, 0.05) is 12.8 Å². The first kappa shape index (κ1) is 18.1. The summed E-state index contributed by atoms with van der Waals surface area (Å²) in [5.74, 6) is -1.64. The summed E-state index contributed by atoms with van der Waals surface area (Å²) in [6.45, 7) is 3.95. The van der Waals surface area contributed by atoms with E-state index in [1.807, 2.05) is 13.8 Å². The molecule has 0 aliphatic rings. The molecule has 0 aromatic carbocycles. The predicted octanol–water partition coefficient (Wildman–Crippen LogP) is 3.33. The fourth-order valence-electron chi connectivity index (χ4n) is 1.41. The molecule has 19 heavy (non-hydrogen) atoms. The molecule has 0 aliphatic heterocycles. The molecule has 0 radical (unpaired) electrons. The molecule has 0 aliphatic carbocycles. The maximum atomic E-state index is 11.4. The lowest BCUT2D eigenvalue weighted by Gasteiger charge is -2.11. The van der Waals surface area contributed by atoms with E-state index < -0.39 is 19.8 Å². The molecule has 6 nitrogen and oxygen atoms in total. The molecule has 0 spiro atoms. The number of phosphoric ester groups is 1. The minimum absolute atomic E-state index is 0.0474. The van der Waals surface area contributed by atoms with Crippen LogP contribution >= 0.6 is 7.82 Å². The van der Waals surface area contributed by atoms with Gasteiger partial charge in [0.1, 0.15) is 0 Å². The molecular formula is C12H23O6P. The fraction of sp³-hybridized carbons (Fsp3) is 0.833. The lowest BCUT2D eigenvalue weighted by Crippen LogP contribution is -2.08. The van der Waals surface area contributed by atoms with Crippen LogP contribution in [0.2, 0.25) is 0 Å². The van der Waals surface area contributed by atoms with E-state index in [4.69, 9.17) is 0 Å². The molecular weight excluding hydrogens is 271 g/mol. The van der Waals surface area contributed by atoms with Crippen LogP contribution in [0.4, 0.5) is 0 Å². The largest absolute Gasteiger partial charge is 0.589 e. The summed E-state index contributed by atoms with van der Waals surface area (Å²) in [6, 6.07) is 0. The molecule has 0 fully saturated rings. The Morgan fingerprint density at radius 2 is 1.26 bits per heavy atom. The SMILES string of the molecule is CCCCCC(=O)OP(=O)(O)OC(=O)CCCCC. The van der Waals surface area contributed by atoms with Crippen LogP contribution in [-0.2, 0) is 23.2 Å². The van der Waals surface area contributed by atoms with Crippen molar-refractivity contribution in [3.05, 3.63) is 0 Å². The zero-order valence-electron chi connectivity index (χ0n) is 11.6. The van der Waals surface area contributed by atoms with Crippen LogP contribution in [0.1, 0.15) is 65.2 Å². The van der Waals surface area contributed by atoms with Gasteiger partial charge in [0.05, 0.1) is 0 Å². The van der Waals surface area contributed by atoms with Gasteiger partial charge in [-0.2, -0.15) is 0 Å². The summed E-state index contributed by atoms with van der Waals surface area (Å²) in [6.07, 6.45) is 4.79. The number of rotatable bonds is 10. The molecule has 1 N–H and O–H groups in total. The average molecular weight is 294 g/mol. The number of unbranched alkanes of at least 4 members (excludes halogenated alkanes) is 4. The summed E-state index contributed by atoms with van der Waals surface area (Å²) < 4.78 is 20.0. The number of phosphoric acid groups is 1. The average Bonchev–Trinajstić information content (AvgIpc) is 2.28. The number of carbonyl (C=O) groups is 2. The lowest BCUT2D eigenvalue weighted by molar-refractivity contribution is -0.140. The van der Waals surface area contributed by atoms with E-state index in [0.29, 0.717) is 12.8 Å². The van der Waals surface area contributed by atoms with Gasteiger partial charge in [-0.15, -0.1) is 0 Å². The molecule has 0 atom stereocenters. The third-order valence-corrected chi connectivity index (χ3v) is 3.27. The first-order chi connectivity index (χ1) is 8.91. The van der Waals surface area contributed by atoms with Crippen molar-refractivity contribution in [3.63, 3.8) is 0 Å². The summed E-state index contributed by atoms with van der Waals surface area (Å²) >= 11 is 0. The van der Waals surface area contributed by atoms with E-state index >= 15 is 0 Å². The smallest absolute Gasteiger partial charge is 0.361 e. The third-order valence-electron chi connectivity index (χ3n) is 2.40. The topological polar surface area (TPSA) is 89.9 Å². The Labute approximate surface area is 114 Å². The van der Waals surface area contributed by atoms with Crippen molar-refractivity contribution >= 4 is 19.8 Å². The van der Waals surface area contributed by atoms with E-state index in [1.165, 1.54) is 0 Å². The predicted molar refractivity (Wildman–Crippen MR) is 70.3 cm³/mol. The number of hydrogen-bond donors (Lipinski definition) is 1. The molecule has 0 heterocycles. The molecule has 112 valence electrons. The van der Waals surface area contributed by atoms with Crippen molar-refractivity contribution in [3.8, 4) is 0 Å². The Morgan fingerprint density at radius 3 is 1.58 bits per heavy atom. The minimum Gasteiger partial charge on any atom is -0.361 e. The van der Waals surface area contributed by atoms with Gasteiger partial charge in [0.2, 0.25) is 0 Å². The van der Waals surface area contributed by atoms with Crippen molar-refractivity contribution in [2.45, 2.75) is 65.2 Å². The zero-order valence-corrected chi connectivity index (χ0v) is 12.5. The van der Waals surface area contributed by atoms with Gasteiger partial charge in [-0.3, -0.25) is 14.5 Å². The van der Waals surface area contributed by atoms with Gasteiger partial charge in [0.25, 0.3) is 0 Å². The molecule has 7 heteroatoms. The van der Waals surface area contributed by atoms with Crippen molar-refractivity contribution in [2.75, 3.05) is 0 Å². The second-order valence-corrected chi connectivity index (χ2v) is 5.61. The summed E-state index contributed by atoms with van der Waals surface area (Å²) in [5, 5.41) is 0. The van der Waals surface area contributed by atoms with Crippen molar-refractivity contribution in [1.29, 1.82) is 0 Å². The van der Waals surface area contributed by atoms with Crippen LogP contribution in [0.15, 0.2) is 0 Å². The number of carbonyl (C=O) groups excluding carboxylic acids is 2. The fourth-order valence-corrected chi connectivity index (χ4v) is 2.14. The standard InChI is InChI=1S/C12H23O6P/c1-3-5-7-9-11(13)17-19(15,16)18-12(14)10-8-6-4-2/h3-10H2,1-2H3,(H,15,16). The zero-order chi connectivity index (χ0) is 14.7. The molecule has 0 unspecified atom stereocenters. The van der Waals surface area contributed by atoms with Gasteiger partial charge in [-0.1, -0.05) is 39.5 Å². The molecule has 0 saturated heterocycles. The lowest BCUT2D eigenvalue weighted by atomic mass is 10.2. The minimum atomic E-state index is -4.60. The number of hydrogen-bond acceptors (Lipinski definition) is 5. The maximum Gasteiger partial charge on any atom is 0.589 e. The second kappa shape index (κ2) is 9.98. The van der Waals surface area contributed by atoms with Gasteiger partial charge in [-0.05, 0) is 12.8 Å². The summed E-state index contributed by atoms with van der Waals surface area (Å²) in [4.78, 5) is 31.7. The molecule has 0 bridgehead atoms. The highest BCUT2D eigenvalue weighted by Gasteiger charge is 2.30. The van der Waals surface area contributed by atoms with E-state index in [0.717, 1.165) is 25.7 Å². The molecule has 0 aromatic rings. The highest BCUT2D eigenvalue weighted by Crippen LogP contribution is 2.44. The summed E-state index contributed by atoms with van der Waals surface area (Å²) in [5.41, 5.74) is 0. The van der Waals surface area contributed by atoms with Crippen LogP contribution in [0.3, 0.4) is 0 Å². The molecule has 0 aromatic heterocycles.